The van der Waals surface area contributed by atoms with Crippen molar-refractivity contribution in [1.82, 2.24) is 30.2 Å². The molecule has 8 heteroatoms. The van der Waals surface area contributed by atoms with Crippen molar-refractivity contribution in [3.63, 3.8) is 0 Å². The standard InChI is InChI=1S/C20H37N7O/c1-7-21-20(22-13-18(25(4)5)16-12-23-26(6)14-16)24-17-8-10-27(11-9-17)19(28)15(2)3/h12,14-15,17-18H,7-11,13H2,1-6H3,(H2,21,22,24). The molecule has 2 N–H and O–H groups in total. The number of aromatic nitrogens is 2. The number of hydrogen-bond acceptors (Lipinski definition) is 4. The molecule has 1 unspecified atom stereocenters. The molecule has 8 nitrogen and oxygen atoms in total. The van der Waals surface area contributed by atoms with Crippen LogP contribution >= 0.6 is 0 Å². The fraction of sp³-hybridized carbons (Fsp3) is 0.750. The normalized spacial score (nSPS) is 17.3. The lowest BCUT2D eigenvalue weighted by molar-refractivity contribution is -0.135. The van der Waals surface area contributed by atoms with Gasteiger partial charge in [0.1, 0.15) is 0 Å². The molecule has 1 aliphatic rings. The van der Waals surface area contributed by atoms with Gasteiger partial charge in [0.05, 0.1) is 18.8 Å². The molecule has 1 saturated heterocycles. The molecular weight excluding hydrogens is 354 g/mol. The van der Waals surface area contributed by atoms with Gasteiger partial charge in [-0.2, -0.15) is 5.10 Å². The van der Waals surface area contributed by atoms with Gasteiger partial charge in [0, 0.05) is 50.4 Å². The van der Waals surface area contributed by atoms with Gasteiger partial charge in [-0.1, -0.05) is 13.8 Å². The van der Waals surface area contributed by atoms with Gasteiger partial charge >= 0.3 is 0 Å². The summed E-state index contributed by atoms with van der Waals surface area (Å²) >= 11 is 0. The van der Waals surface area contributed by atoms with E-state index in [9.17, 15) is 4.79 Å². The van der Waals surface area contributed by atoms with Crippen LogP contribution in [0.4, 0.5) is 0 Å². The van der Waals surface area contributed by atoms with Crippen LogP contribution in [0.2, 0.25) is 0 Å². The maximum absolute atomic E-state index is 12.2. The molecule has 0 spiro atoms. The van der Waals surface area contributed by atoms with E-state index in [4.69, 9.17) is 4.99 Å². The van der Waals surface area contributed by atoms with Crippen molar-refractivity contribution in [2.24, 2.45) is 18.0 Å². The Morgan fingerprint density at radius 2 is 2.04 bits per heavy atom. The number of piperidine rings is 1. The molecule has 1 amide bonds. The Kier molecular flexibility index (Phi) is 8.29. The average Bonchev–Trinajstić information content (AvgIpc) is 3.07. The van der Waals surface area contributed by atoms with Gasteiger partial charge in [-0.05, 0) is 33.9 Å². The molecule has 2 heterocycles. The Bertz CT molecular complexity index is 645. The Morgan fingerprint density at radius 1 is 1.36 bits per heavy atom. The summed E-state index contributed by atoms with van der Waals surface area (Å²) < 4.78 is 1.82. The molecule has 1 aromatic heterocycles. The van der Waals surface area contributed by atoms with Crippen molar-refractivity contribution < 1.29 is 4.79 Å². The zero-order valence-corrected chi connectivity index (χ0v) is 18.3. The quantitative estimate of drug-likeness (QED) is 0.540. The number of nitrogens with zero attached hydrogens (tertiary/aromatic N) is 5. The summed E-state index contributed by atoms with van der Waals surface area (Å²) in [4.78, 5) is 21.1. The first-order valence-electron chi connectivity index (χ1n) is 10.3. The first kappa shape index (κ1) is 22.2. The number of aliphatic imine (C=N–C) groups is 1. The van der Waals surface area contributed by atoms with E-state index in [1.165, 1.54) is 0 Å². The van der Waals surface area contributed by atoms with Gasteiger partial charge in [0.25, 0.3) is 0 Å². The average molecular weight is 392 g/mol. The summed E-state index contributed by atoms with van der Waals surface area (Å²) in [5, 5.41) is 11.2. The number of hydrogen-bond donors (Lipinski definition) is 2. The van der Waals surface area contributed by atoms with Gasteiger partial charge in [-0.15, -0.1) is 0 Å². The lowest BCUT2D eigenvalue weighted by Gasteiger charge is -2.34. The zero-order chi connectivity index (χ0) is 20.7. The number of guanidine groups is 1. The van der Waals surface area contributed by atoms with E-state index in [0.717, 1.165) is 44.0 Å². The maximum Gasteiger partial charge on any atom is 0.225 e. The fourth-order valence-corrected chi connectivity index (χ4v) is 3.48. The van der Waals surface area contributed by atoms with Crippen LogP contribution in [0.3, 0.4) is 0 Å². The molecule has 0 radical (unpaired) electrons. The van der Waals surface area contributed by atoms with Gasteiger partial charge in [0.2, 0.25) is 5.91 Å². The number of nitrogens with one attached hydrogen (secondary N) is 2. The summed E-state index contributed by atoms with van der Waals surface area (Å²) in [5.74, 6) is 1.16. The largest absolute Gasteiger partial charge is 0.357 e. The number of aryl methyl sites for hydroxylation is 1. The fourth-order valence-electron chi connectivity index (χ4n) is 3.48. The van der Waals surface area contributed by atoms with E-state index in [0.29, 0.717) is 12.6 Å². The first-order chi connectivity index (χ1) is 13.3. The van der Waals surface area contributed by atoms with Crippen LogP contribution in [-0.4, -0.2) is 77.8 Å². The Morgan fingerprint density at radius 3 is 2.54 bits per heavy atom. The zero-order valence-electron chi connectivity index (χ0n) is 18.3. The van der Waals surface area contributed by atoms with Gasteiger partial charge in [0.15, 0.2) is 5.96 Å². The molecule has 0 aromatic carbocycles. The first-order valence-corrected chi connectivity index (χ1v) is 10.3. The van der Waals surface area contributed by atoms with Crippen molar-refractivity contribution >= 4 is 11.9 Å². The van der Waals surface area contributed by atoms with E-state index in [2.05, 4.69) is 41.7 Å². The van der Waals surface area contributed by atoms with E-state index >= 15 is 0 Å². The second kappa shape index (κ2) is 10.5. The predicted molar refractivity (Wildman–Crippen MR) is 113 cm³/mol. The van der Waals surface area contributed by atoms with E-state index in [1.807, 2.05) is 42.9 Å². The van der Waals surface area contributed by atoms with Gasteiger partial charge in [-0.3, -0.25) is 14.5 Å². The molecule has 1 aliphatic heterocycles. The van der Waals surface area contributed by atoms with Crippen LogP contribution < -0.4 is 10.6 Å². The SMILES string of the molecule is CCNC(=NCC(c1cnn(C)c1)N(C)C)NC1CCN(C(=O)C(C)C)CC1. The van der Waals surface area contributed by atoms with E-state index in [1.54, 1.807) is 0 Å². The summed E-state index contributed by atoms with van der Waals surface area (Å²) in [6.45, 7) is 9.09. The second-order valence-electron chi connectivity index (χ2n) is 8.04. The topological polar surface area (TPSA) is 77.8 Å². The third kappa shape index (κ3) is 6.22. The highest BCUT2D eigenvalue weighted by atomic mass is 16.2. The molecule has 28 heavy (non-hydrogen) atoms. The molecule has 0 bridgehead atoms. The van der Waals surface area contributed by atoms with Gasteiger partial charge < -0.3 is 20.4 Å². The van der Waals surface area contributed by atoms with Gasteiger partial charge in [-0.25, -0.2) is 0 Å². The summed E-state index contributed by atoms with van der Waals surface area (Å²) in [5.41, 5.74) is 1.16. The van der Waals surface area contributed by atoms with Crippen molar-refractivity contribution in [3.05, 3.63) is 18.0 Å². The number of carbonyl (C=O) groups excluding carboxylic acids is 1. The summed E-state index contributed by atoms with van der Waals surface area (Å²) in [7, 11) is 6.06. The Labute approximate surface area is 169 Å². The summed E-state index contributed by atoms with van der Waals surface area (Å²) in [6.07, 6.45) is 5.84. The number of carbonyl (C=O) groups is 1. The lowest BCUT2D eigenvalue weighted by atomic mass is 10.0. The third-order valence-electron chi connectivity index (χ3n) is 5.14. The highest BCUT2D eigenvalue weighted by molar-refractivity contribution is 5.80. The van der Waals surface area contributed by atoms with E-state index in [-0.39, 0.29) is 17.9 Å². The third-order valence-corrected chi connectivity index (χ3v) is 5.14. The number of rotatable bonds is 7. The smallest absolute Gasteiger partial charge is 0.225 e. The summed E-state index contributed by atoms with van der Waals surface area (Å²) in [6, 6.07) is 0.514. The van der Waals surface area contributed by atoms with Crippen molar-refractivity contribution in [2.45, 2.75) is 45.7 Å². The van der Waals surface area contributed by atoms with Crippen LogP contribution in [0.5, 0.6) is 0 Å². The van der Waals surface area contributed by atoms with Crippen LogP contribution in [-0.2, 0) is 11.8 Å². The molecule has 158 valence electrons. The number of likely N-dealkylation sites (N-methyl/N-ethyl adjacent to an activating group) is 1. The molecule has 1 fully saturated rings. The monoisotopic (exact) mass is 391 g/mol. The number of likely N-dealkylation sites (tertiary alicyclic amines) is 1. The van der Waals surface area contributed by atoms with E-state index < -0.39 is 0 Å². The molecule has 0 aliphatic carbocycles. The molecule has 2 rings (SSSR count). The minimum Gasteiger partial charge on any atom is -0.357 e. The van der Waals surface area contributed by atoms with Crippen LogP contribution in [0.25, 0.3) is 0 Å². The van der Waals surface area contributed by atoms with Crippen molar-refractivity contribution in [1.29, 1.82) is 0 Å². The minimum atomic E-state index is 0.0684. The van der Waals surface area contributed by atoms with Crippen molar-refractivity contribution in [3.8, 4) is 0 Å². The highest BCUT2D eigenvalue weighted by Crippen LogP contribution is 2.18. The Hall–Kier alpha value is -2.09. The number of amides is 1. The van der Waals surface area contributed by atoms with Crippen molar-refractivity contribution in [2.75, 3.05) is 40.3 Å². The second-order valence-corrected chi connectivity index (χ2v) is 8.04. The lowest BCUT2D eigenvalue weighted by Crippen LogP contribution is -2.50. The Balaban J connectivity index is 1.96. The molecule has 1 atom stereocenters. The minimum absolute atomic E-state index is 0.0684. The maximum atomic E-state index is 12.2. The molecular formula is C20H37N7O. The molecule has 1 aromatic rings. The molecule has 0 saturated carbocycles. The van der Waals surface area contributed by atoms with Crippen LogP contribution in [0.15, 0.2) is 17.4 Å². The van der Waals surface area contributed by atoms with Crippen LogP contribution in [0.1, 0.15) is 45.2 Å². The highest BCUT2D eigenvalue weighted by Gasteiger charge is 2.25. The van der Waals surface area contributed by atoms with Crippen LogP contribution in [0, 0.1) is 5.92 Å². The predicted octanol–water partition coefficient (Wildman–Crippen LogP) is 1.22.